The Hall–Kier alpha value is -1.37. The lowest BCUT2D eigenvalue weighted by Gasteiger charge is -2.00. The van der Waals surface area contributed by atoms with Gasteiger partial charge in [-0.3, -0.25) is 4.79 Å². The number of carbonyl (C=O) groups is 1. The van der Waals surface area contributed by atoms with Crippen LogP contribution in [0.25, 0.3) is 0 Å². The van der Waals surface area contributed by atoms with Gasteiger partial charge >= 0.3 is 0 Å². The van der Waals surface area contributed by atoms with Crippen LogP contribution in [0.1, 0.15) is 28.4 Å². The summed E-state index contributed by atoms with van der Waals surface area (Å²) in [6.07, 6.45) is 3.36. The van der Waals surface area contributed by atoms with Crippen molar-refractivity contribution in [2.24, 2.45) is 0 Å². The summed E-state index contributed by atoms with van der Waals surface area (Å²) in [7, 11) is 0. The Bertz CT molecular complexity index is 328. The summed E-state index contributed by atoms with van der Waals surface area (Å²) < 4.78 is 0. The Balaban J connectivity index is 3.08. The van der Waals surface area contributed by atoms with Gasteiger partial charge in [0.1, 0.15) is 0 Å². The number of hydrogen-bond donors (Lipinski definition) is 0. The number of rotatable bonds is 2. The van der Waals surface area contributed by atoms with Crippen molar-refractivity contribution in [1.29, 1.82) is 0 Å². The number of ketones is 1. The maximum atomic E-state index is 11.5. The predicted octanol–water partition coefficient (Wildman–Crippen LogP) is 3.06. The van der Waals surface area contributed by atoms with Gasteiger partial charge in [0.25, 0.3) is 0 Å². The van der Waals surface area contributed by atoms with Crippen molar-refractivity contribution in [1.82, 2.24) is 0 Å². The van der Waals surface area contributed by atoms with Crippen molar-refractivity contribution >= 4 is 5.78 Å². The van der Waals surface area contributed by atoms with Gasteiger partial charge < -0.3 is 0 Å². The largest absolute Gasteiger partial charge is 0.289 e. The average molecular weight is 174 g/mol. The van der Waals surface area contributed by atoms with Crippen LogP contribution in [-0.2, 0) is 0 Å². The number of benzene rings is 1. The highest BCUT2D eigenvalue weighted by atomic mass is 16.1. The van der Waals surface area contributed by atoms with Crippen LogP contribution in [0.3, 0.4) is 0 Å². The summed E-state index contributed by atoms with van der Waals surface area (Å²) in [4.78, 5) is 11.5. The lowest BCUT2D eigenvalue weighted by molar-refractivity contribution is 0.104. The first kappa shape index (κ1) is 9.72. The van der Waals surface area contributed by atoms with Crippen LogP contribution in [-0.4, -0.2) is 5.78 Å². The molecule has 13 heavy (non-hydrogen) atoms. The molecule has 0 heterocycles. The minimum Gasteiger partial charge on any atom is -0.289 e. The molecule has 0 saturated carbocycles. The molecule has 0 aliphatic carbocycles. The van der Waals surface area contributed by atoms with E-state index in [0.717, 1.165) is 16.7 Å². The molecule has 0 aliphatic heterocycles. The molecule has 1 nitrogen and oxygen atoms in total. The fraction of sp³-hybridized carbons (Fsp3) is 0.250. The van der Waals surface area contributed by atoms with Crippen LogP contribution >= 0.6 is 0 Å². The summed E-state index contributed by atoms with van der Waals surface area (Å²) in [5.74, 6) is 0.0781. The Morgan fingerprint density at radius 3 is 2.15 bits per heavy atom. The van der Waals surface area contributed by atoms with E-state index in [0.29, 0.717) is 0 Å². The number of aryl methyl sites for hydroxylation is 2. The van der Waals surface area contributed by atoms with Crippen LogP contribution in [0.5, 0.6) is 0 Å². The first-order chi connectivity index (χ1) is 6.13. The van der Waals surface area contributed by atoms with Gasteiger partial charge in [0, 0.05) is 5.56 Å². The third-order valence-electron chi connectivity index (χ3n) is 1.82. The molecule has 1 heteroatoms. The Labute approximate surface area is 79.1 Å². The van der Waals surface area contributed by atoms with Crippen LogP contribution in [0.15, 0.2) is 30.4 Å². The molecule has 68 valence electrons. The van der Waals surface area contributed by atoms with E-state index in [1.807, 2.05) is 32.9 Å². The summed E-state index contributed by atoms with van der Waals surface area (Å²) >= 11 is 0. The molecule has 0 unspecified atom stereocenters. The molecule has 0 amide bonds. The van der Waals surface area contributed by atoms with E-state index in [1.54, 1.807) is 12.2 Å². The lowest BCUT2D eigenvalue weighted by atomic mass is 10.0. The maximum absolute atomic E-state index is 11.5. The van der Waals surface area contributed by atoms with E-state index in [-0.39, 0.29) is 5.78 Å². The SMILES string of the molecule is CC=CC(=O)c1cc(C)cc(C)c1. The van der Waals surface area contributed by atoms with Crippen molar-refractivity contribution in [3.8, 4) is 0 Å². The third kappa shape index (κ3) is 2.55. The second kappa shape index (κ2) is 4.04. The van der Waals surface area contributed by atoms with E-state index < -0.39 is 0 Å². The van der Waals surface area contributed by atoms with Crippen molar-refractivity contribution in [3.63, 3.8) is 0 Å². The normalized spacial score (nSPS) is 10.7. The van der Waals surface area contributed by atoms with Gasteiger partial charge in [-0.05, 0) is 39.0 Å². The molecule has 0 bridgehead atoms. The minimum atomic E-state index is 0.0781. The molecule has 0 N–H and O–H groups in total. The maximum Gasteiger partial charge on any atom is 0.185 e. The van der Waals surface area contributed by atoms with Gasteiger partial charge in [-0.2, -0.15) is 0 Å². The summed E-state index contributed by atoms with van der Waals surface area (Å²) in [6.45, 7) is 5.85. The molecular weight excluding hydrogens is 160 g/mol. The van der Waals surface area contributed by atoms with Gasteiger partial charge in [0.2, 0.25) is 0 Å². The summed E-state index contributed by atoms with van der Waals surface area (Å²) in [5.41, 5.74) is 3.04. The number of allylic oxidation sites excluding steroid dienone is 2. The minimum absolute atomic E-state index is 0.0781. The van der Waals surface area contributed by atoms with E-state index >= 15 is 0 Å². The Morgan fingerprint density at radius 2 is 1.69 bits per heavy atom. The number of carbonyl (C=O) groups excluding carboxylic acids is 1. The number of hydrogen-bond acceptors (Lipinski definition) is 1. The topological polar surface area (TPSA) is 17.1 Å². The molecular formula is C12H14O. The molecule has 1 aromatic rings. The third-order valence-corrected chi connectivity index (χ3v) is 1.82. The molecule has 0 spiro atoms. The fourth-order valence-corrected chi connectivity index (χ4v) is 1.36. The van der Waals surface area contributed by atoms with Gasteiger partial charge in [-0.1, -0.05) is 23.3 Å². The van der Waals surface area contributed by atoms with Gasteiger partial charge in [0.15, 0.2) is 5.78 Å². The molecule has 0 atom stereocenters. The first-order valence-corrected chi connectivity index (χ1v) is 4.39. The lowest BCUT2D eigenvalue weighted by Crippen LogP contribution is -1.95. The Morgan fingerprint density at radius 1 is 1.15 bits per heavy atom. The quantitative estimate of drug-likeness (QED) is 0.497. The zero-order valence-electron chi connectivity index (χ0n) is 8.29. The molecule has 0 fully saturated rings. The molecule has 1 aromatic carbocycles. The second-order valence-corrected chi connectivity index (χ2v) is 3.24. The summed E-state index contributed by atoms with van der Waals surface area (Å²) in [6, 6.07) is 5.89. The highest BCUT2D eigenvalue weighted by Gasteiger charge is 2.01. The van der Waals surface area contributed by atoms with E-state index in [2.05, 4.69) is 6.07 Å². The second-order valence-electron chi connectivity index (χ2n) is 3.24. The standard InChI is InChI=1S/C12H14O/c1-4-5-12(13)11-7-9(2)6-10(3)8-11/h4-8H,1-3H3. The summed E-state index contributed by atoms with van der Waals surface area (Å²) in [5, 5.41) is 0. The molecule has 1 rings (SSSR count). The van der Waals surface area contributed by atoms with Gasteiger partial charge in [-0.15, -0.1) is 0 Å². The van der Waals surface area contributed by atoms with E-state index in [4.69, 9.17) is 0 Å². The van der Waals surface area contributed by atoms with Gasteiger partial charge in [-0.25, -0.2) is 0 Å². The monoisotopic (exact) mass is 174 g/mol. The van der Waals surface area contributed by atoms with Crippen molar-refractivity contribution in [2.45, 2.75) is 20.8 Å². The molecule has 0 aromatic heterocycles. The van der Waals surface area contributed by atoms with E-state index in [1.165, 1.54) is 0 Å². The fourth-order valence-electron chi connectivity index (χ4n) is 1.36. The van der Waals surface area contributed by atoms with Crippen molar-refractivity contribution in [2.75, 3.05) is 0 Å². The first-order valence-electron chi connectivity index (χ1n) is 4.39. The van der Waals surface area contributed by atoms with Crippen LogP contribution in [0.4, 0.5) is 0 Å². The highest BCUT2D eigenvalue weighted by molar-refractivity contribution is 6.04. The highest BCUT2D eigenvalue weighted by Crippen LogP contribution is 2.09. The van der Waals surface area contributed by atoms with Crippen LogP contribution in [0, 0.1) is 13.8 Å². The smallest absolute Gasteiger partial charge is 0.185 e. The average Bonchev–Trinajstić information content (AvgIpc) is 2.03. The van der Waals surface area contributed by atoms with Gasteiger partial charge in [0.05, 0.1) is 0 Å². The molecule has 0 aliphatic rings. The molecule has 0 saturated heterocycles. The van der Waals surface area contributed by atoms with Crippen molar-refractivity contribution < 1.29 is 4.79 Å². The van der Waals surface area contributed by atoms with Crippen LogP contribution < -0.4 is 0 Å². The van der Waals surface area contributed by atoms with E-state index in [9.17, 15) is 4.79 Å². The van der Waals surface area contributed by atoms with Crippen LogP contribution in [0.2, 0.25) is 0 Å². The molecule has 0 radical (unpaired) electrons. The zero-order chi connectivity index (χ0) is 9.84. The zero-order valence-corrected chi connectivity index (χ0v) is 8.29. The van der Waals surface area contributed by atoms with Crippen molar-refractivity contribution in [3.05, 3.63) is 47.0 Å². The Kier molecular flexibility index (Phi) is 3.02. The predicted molar refractivity (Wildman–Crippen MR) is 55.1 cm³/mol.